The Balaban J connectivity index is 2.39. The second-order valence-electron chi connectivity index (χ2n) is 4.68. The highest BCUT2D eigenvalue weighted by molar-refractivity contribution is 6.34. The maximum Gasteiger partial charge on any atom is 0.337 e. The van der Waals surface area contributed by atoms with Crippen molar-refractivity contribution in [3.8, 4) is 11.5 Å². The van der Waals surface area contributed by atoms with Gasteiger partial charge in [0.2, 0.25) is 0 Å². The van der Waals surface area contributed by atoms with Crippen LogP contribution >= 0.6 is 11.6 Å². The molecule has 0 saturated heterocycles. The number of amides is 1. The zero-order valence-electron chi connectivity index (χ0n) is 13.4. The van der Waals surface area contributed by atoms with E-state index >= 15 is 0 Å². The minimum Gasteiger partial charge on any atom is -0.496 e. The van der Waals surface area contributed by atoms with Crippen LogP contribution in [-0.4, -0.2) is 33.2 Å². The van der Waals surface area contributed by atoms with Gasteiger partial charge >= 0.3 is 5.97 Å². The Bertz CT molecular complexity index is 753. The standard InChI is InChI=1S/C17H16ClNO5/c1-22-13-5-4-6-14(23-2)15(13)16(20)19-12-9-10(17(21)24-3)7-8-11(12)18/h4-9H,1-3H3,(H,19,20). The monoisotopic (exact) mass is 349 g/mol. The molecule has 2 rings (SSSR count). The molecule has 0 radical (unpaired) electrons. The first-order chi connectivity index (χ1) is 11.5. The van der Waals surface area contributed by atoms with Crippen LogP contribution in [0.25, 0.3) is 0 Å². The summed E-state index contributed by atoms with van der Waals surface area (Å²) in [7, 11) is 4.18. The lowest BCUT2D eigenvalue weighted by molar-refractivity contribution is 0.0600. The van der Waals surface area contributed by atoms with Crippen LogP contribution in [0.3, 0.4) is 0 Å². The summed E-state index contributed by atoms with van der Waals surface area (Å²) in [5.41, 5.74) is 0.767. The number of anilines is 1. The number of esters is 1. The average Bonchev–Trinajstić information content (AvgIpc) is 2.61. The van der Waals surface area contributed by atoms with Gasteiger partial charge in [0, 0.05) is 0 Å². The molecule has 0 spiro atoms. The van der Waals surface area contributed by atoms with Crippen LogP contribution in [0.15, 0.2) is 36.4 Å². The largest absolute Gasteiger partial charge is 0.496 e. The molecule has 0 aliphatic carbocycles. The predicted octanol–water partition coefficient (Wildman–Crippen LogP) is 3.40. The summed E-state index contributed by atoms with van der Waals surface area (Å²) < 4.78 is 15.1. The summed E-state index contributed by atoms with van der Waals surface area (Å²) in [5, 5.41) is 2.94. The molecular weight excluding hydrogens is 334 g/mol. The Kier molecular flexibility index (Phi) is 5.65. The van der Waals surface area contributed by atoms with Crippen molar-refractivity contribution in [1.82, 2.24) is 0 Å². The number of nitrogens with one attached hydrogen (secondary N) is 1. The van der Waals surface area contributed by atoms with Gasteiger partial charge in [-0.05, 0) is 30.3 Å². The second-order valence-corrected chi connectivity index (χ2v) is 5.09. The van der Waals surface area contributed by atoms with Crippen molar-refractivity contribution in [2.45, 2.75) is 0 Å². The van der Waals surface area contributed by atoms with E-state index in [2.05, 4.69) is 10.1 Å². The van der Waals surface area contributed by atoms with Crippen LogP contribution in [-0.2, 0) is 4.74 Å². The molecule has 0 unspecified atom stereocenters. The summed E-state index contributed by atoms with van der Waals surface area (Å²) in [6, 6.07) is 9.44. The van der Waals surface area contributed by atoms with Crippen molar-refractivity contribution in [2.24, 2.45) is 0 Å². The molecule has 0 saturated carbocycles. The van der Waals surface area contributed by atoms with Crippen LogP contribution in [0.5, 0.6) is 11.5 Å². The lowest BCUT2D eigenvalue weighted by Gasteiger charge is -2.14. The first kappa shape index (κ1) is 17.6. The van der Waals surface area contributed by atoms with Gasteiger partial charge in [-0.15, -0.1) is 0 Å². The highest BCUT2D eigenvalue weighted by atomic mass is 35.5. The Labute approximate surface area is 144 Å². The van der Waals surface area contributed by atoms with E-state index in [1.165, 1.54) is 39.5 Å². The topological polar surface area (TPSA) is 73.9 Å². The Morgan fingerprint density at radius 2 is 1.62 bits per heavy atom. The highest BCUT2D eigenvalue weighted by Gasteiger charge is 2.20. The van der Waals surface area contributed by atoms with E-state index in [0.717, 1.165) is 0 Å². The SMILES string of the molecule is COC(=O)c1ccc(Cl)c(NC(=O)c2c(OC)cccc2OC)c1. The first-order valence-electron chi connectivity index (χ1n) is 6.92. The van der Waals surface area contributed by atoms with Crippen molar-refractivity contribution < 1.29 is 23.8 Å². The molecule has 1 N–H and O–H groups in total. The van der Waals surface area contributed by atoms with Crippen LogP contribution in [0.4, 0.5) is 5.69 Å². The molecule has 24 heavy (non-hydrogen) atoms. The summed E-state index contributed by atoms with van der Waals surface area (Å²) in [6.07, 6.45) is 0. The van der Waals surface area contributed by atoms with E-state index in [0.29, 0.717) is 11.5 Å². The zero-order valence-corrected chi connectivity index (χ0v) is 14.1. The summed E-state index contributed by atoms with van der Waals surface area (Å²) in [6.45, 7) is 0. The molecule has 0 fully saturated rings. The van der Waals surface area contributed by atoms with Gasteiger partial charge in [-0.25, -0.2) is 4.79 Å². The number of hydrogen-bond donors (Lipinski definition) is 1. The maximum atomic E-state index is 12.6. The van der Waals surface area contributed by atoms with E-state index < -0.39 is 11.9 Å². The molecule has 7 heteroatoms. The lowest BCUT2D eigenvalue weighted by Crippen LogP contribution is -2.15. The van der Waals surface area contributed by atoms with E-state index in [1.807, 2.05) is 0 Å². The number of ether oxygens (including phenoxy) is 3. The average molecular weight is 350 g/mol. The van der Waals surface area contributed by atoms with Gasteiger partial charge in [-0.3, -0.25) is 4.79 Å². The van der Waals surface area contributed by atoms with Gasteiger partial charge in [0.05, 0.1) is 37.6 Å². The third kappa shape index (κ3) is 3.60. The number of benzene rings is 2. The molecule has 2 aromatic rings. The van der Waals surface area contributed by atoms with E-state index in [9.17, 15) is 9.59 Å². The number of methoxy groups -OCH3 is 3. The van der Waals surface area contributed by atoms with E-state index in [1.54, 1.807) is 18.2 Å². The molecule has 0 aliphatic rings. The Morgan fingerprint density at radius 1 is 1.00 bits per heavy atom. The molecular formula is C17H16ClNO5. The molecule has 0 aromatic heterocycles. The first-order valence-corrected chi connectivity index (χ1v) is 7.29. The Morgan fingerprint density at radius 3 is 2.17 bits per heavy atom. The molecule has 126 valence electrons. The third-order valence-corrected chi connectivity index (χ3v) is 3.62. The number of carbonyl (C=O) groups excluding carboxylic acids is 2. The number of rotatable bonds is 5. The molecule has 0 heterocycles. The van der Waals surface area contributed by atoms with Gasteiger partial charge in [0.15, 0.2) is 0 Å². The molecule has 0 atom stereocenters. The van der Waals surface area contributed by atoms with Gasteiger partial charge in [-0.1, -0.05) is 17.7 Å². The van der Waals surface area contributed by atoms with Crippen LogP contribution in [0.2, 0.25) is 5.02 Å². The van der Waals surface area contributed by atoms with Gasteiger partial charge in [0.1, 0.15) is 17.1 Å². The predicted molar refractivity (Wildman–Crippen MR) is 90.3 cm³/mol. The van der Waals surface area contributed by atoms with Crippen molar-refractivity contribution in [3.63, 3.8) is 0 Å². The summed E-state index contributed by atoms with van der Waals surface area (Å²) in [4.78, 5) is 24.2. The van der Waals surface area contributed by atoms with Crippen molar-refractivity contribution >= 4 is 29.2 Å². The van der Waals surface area contributed by atoms with Gasteiger partial charge < -0.3 is 19.5 Å². The number of carbonyl (C=O) groups is 2. The molecule has 1 amide bonds. The van der Waals surface area contributed by atoms with E-state index in [4.69, 9.17) is 21.1 Å². The summed E-state index contributed by atoms with van der Waals surface area (Å²) >= 11 is 6.09. The Hall–Kier alpha value is -2.73. The molecule has 2 aromatic carbocycles. The molecule has 6 nitrogen and oxygen atoms in total. The van der Waals surface area contributed by atoms with Gasteiger partial charge in [0.25, 0.3) is 5.91 Å². The molecule has 0 aliphatic heterocycles. The maximum absolute atomic E-state index is 12.6. The van der Waals surface area contributed by atoms with Crippen LogP contribution in [0.1, 0.15) is 20.7 Å². The third-order valence-electron chi connectivity index (χ3n) is 3.29. The van der Waals surface area contributed by atoms with Crippen molar-refractivity contribution in [3.05, 3.63) is 52.5 Å². The van der Waals surface area contributed by atoms with Crippen molar-refractivity contribution in [1.29, 1.82) is 0 Å². The lowest BCUT2D eigenvalue weighted by atomic mass is 10.1. The normalized spacial score (nSPS) is 10.0. The quantitative estimate of drug-likeness (QED) is 0.837. The van der Waals surface area contributed by atoms with Crippen LogP contribution in [0, 0.1) is 0 Å². The minimum absolute atomic E-state index is 0.224. The number of hydrogen-bond acceptors (Lipinski definition) is 5. The fourth-order valence-electron chi connectivity index (χ4n) is 2.13. The highest BCUT2D eigenvalue weighted by Crippen LogP contribution is 2.30. The fraction of sp³-hybridized carbons (Fsp3) is 0.176. The molecule has 0 bridgehead atoms. The smallest absolute Gasteiger partial charge is 0.337 e. The van der Waals surface area contributed by atoms with E-state index in [-0.39, 0.29) is 21.8 Å². The van der Waals surface area contributed by atoms with Gasteiger partial charge in [-0.2, -0.15) is 0 Å². The van der Waals surface area contributed by atoms with Crippen LogP contribution < -0.4 is 14.8 Å². The second kappa shape index (κ2) is 7.70. The van der Waals surface area contributed by atoms with Crippen molar-refractivity contribution in [2.75, 3.05) is 26.6 Å². The zero-order chi connectivity index (χ0) is 17.7. The number of halogens is 1. The fourth-order valence-corrected chi connectivity index (χ4v) is 2.29. The minimum atomic E-state index is -0.531. The summed E-state index contributed by atoms with van der Waals surface area (Å²) in [5.74, 6) is -0.301.